The summed E-state index contributed by atoms with van der Waals surface area (Å²) in [6, 6.07) is 42.5. The van der Waals surface area contributed by atoms with Gasteiger partial charge in [-0.2, -0.15) is 0 Å². The Morgan fingerprint density at radius 2 is 0.735 bits per heavy atom. The molecule has 0 aliphatic rings. The van der Waals surface area contributed by atoms with Crippen LogP contribution in [0, 0.1) is 0 Å². The molecule has 0 N–H and O–H groups in total. The molecule has 0 saturated carbocycles. The van der Waals surface area contributed by atoms with Crippen molar-refractivity contribution < 1.29 is 19.1 Å². The van der Waals surface area contributed by atoms with Crippen LogP contribution < -0.4 is 9.47 Å². The Hall–Kier alpha value is -3.82. The summed E-state index contributed by atoms with van der Waals surface area (Å²) in [5.41, 5.74) is 6.50. The van der Waals surface area contributed by atoms with Crippen molar-refractivity contribution in [3.63, 3.8) is 0 Å². The molecule has 244 valence electrons. The van der Waals surface area contributed by atoms with Gasteiger partial charge in [0.1, 0.15) is 0 Å². The van der Waals surface area contributed by atoms with Gasteiger partial charge in [0, 0.05) is 5.41 Å². The number of benzene rings is 6. The van der Waals surface area contributed by atoms with E-state index in [2.05, 4.69) is 77.6 Å². The van der Waals surface area contributed by atoms with Crippen LogP contribution >= 0.6 is 63.7 Å². The lowest BCUT2D eigenvalue weighted by Crippen LogP contribution is -2.20. The number of halogens is 4. The molecule has 6 aromatic rings. The molecule has 0 bridgehead atoms. The van der Waals surface area contributed by atoms with Crippen LogP contribution in [0.25, 0.3) is 22.3 Å². The zero-order valence-electron chi connectivity index (χ0n) is 26.3. The number of hydrogen-bond acceptors (Lipinski definition) is 4. The second-order valence-corrected chi connectivity index (χ2v) is 15.2. The zero-order valence-corrected chi connectivity index (χ0v) is 32.7. The fourth-order valence-corrected chi connectivity index (χ4v) is 8.06. The van der Waals surface area contributed by atoms with Crippen LogP contribution in [-0.4, -0.2) is 11.9 Å². The molecule has 0 aromatic heterocycles. The van der Waals surface area contributed by atoms with Gasteiger partial charge in [0.05, 0.1) is 29.0 Å². The van der Waals surface area contributed by atoms with Gasteiger partial charge in [0.15, 0.2) is 11.5 Å². The molecule has 8 heteroatoms. The van der Waals surface area contributed by atoms with Gasteiger partial charge in [0.2, 0.25) is 0 Å². The molecule has 0 radical (unpaired) electrons. The van der Waals surface area contributed by atoms with Crippen molar-refractivity contribution in [3.05, 3.63) is 174 Å². The zero-order chi connectivity index (χ0) is 34.7. The predicted octanol–water partition coefficient (Wildman–Crippen LogP) is 12.8. The highest BCUT2D eigenvalue weighted by atomic mass is 79.9. The van der Waals surface area contributed by atoms with Gasteiger partial charge in [-0.05, 0) is 146 Å². The lowest BCUT2D eigenvalue weighted by molar-refractivity contribution is 0.0722. The Morgan fingerprint density at radius 1 is 0.449 bits per heavy atom. The summed E-state index contributed by atoms with van der Waals surface area (Å²) in [5.74, 6) is -0.146. The summed E-state index contributed by atoms with van der Waals surface area (Å²) >= 11 is 14.5. The van der Waals surface area contributed by atoms with Crippen molar-refractivity contribution >= 4 is 75.7 Å². The van der Waals surface area contributed by atoms with E-state index in [1.54, 1.807) is 24.3 Å². The monoisotopic (exact) mass is 900 g/mol. The average molecular weight is 904 g/mol. The summed E-state index contributed by atoms with van der Waals surface area (Å²) in [5, 5.41) is 0. The van der Waals surface area contributed by atoms with Gasteiger partial charge in [0.25, 0.3) is 0 Å². The van der Waals surface area contributed by atoms with E-state index in [9.17, 15) is 9.59 Å². The van der Waals surface area contributed by atoms with Crippen molar-refractivity contribution in [2.45, 2.75) is 19.3 Å². The molecule has 0 spiro atoms. The van der Waals surface area contributed by atoms with E-state index in [0.29, 0.717) is 40.5 Å². The van der Waals surface area contributed by atoms with Crippen molar-refractivity contribution in [1.82, 2.24) is 0 Å². The van der Waals surface area contributed by atoms with Crippen LogP contribution in [0.4, 0.5) is 0 Å². The first-order chi connectivity index (χ1) is 23.5. The summed E-state index contributed by atoms with van der Waals surface area (Å²) in [7, 11) is 0. The van der Waals surface area contributed by atoms with Gasteiger partial charge in [-0.15, -0.1) is 0 Å². The fraction of sp³-hybridized carbons (Fsp3) is 0.0732. The molecule has 6 rings (SSSR count). The third kappa shape index (κ3) is 7.83. The van der Waals surface area contributed by atoms with E-state index in [1.165, 1.54) is 0 Å². The minimum Gasteiger partial charge on any atom is -0.421 e. The molecular formula is C41H28Br4O4. The van der Waals surface area contributed by atoms with Crippen LogP contribution in [0.3, 0.4) is 0 Å². The van der Waals surface area contributed by atoms with E-state index in [-0.39, 0.29) is 0 Å². The standard InChI is InChI=1S/C41H28Br4O4/c1-41(2,31-21-33(42)37(34(43)22-31)48-39(46)29-17-13-27(14-18-29)25-9-5-3-6-10-25)32-23-35(44)38(36(45)24-32)49-40(47)30-19-15-28(16-20-30)26-11-7-4-8-12-26/h3-24H,1-2H3. The van der Waals surface area contributed by atoms with Crippen molar-refractivity contribution in [2.24, 2.45) is 0 Å². The average Bonchev–Trinajstić information content (AvgIpc) is 3.12. The van der Waals surface area contributed by atoms with E-state index >= 15 is 0 Å². The maximum Gasteiger partial charge on any atom is 0.343 e. The molecule has 49 heavy (non-hydrogen) atoms. The van der Waals surface area contributed by atoms with E-state index in [0.717, 1.165) is 33.4 Å². The number of hydrogen-bond donors (Lipinski definition) is 0. The minimum absolute atomic E-state index is 0.387. The summed E-state index contributed by atoms with van der Waals surface area (Å²) in [6.07, 6.45) is 0. The Balaban J connectivity index is 1.17. The molecular weight excluding hydrogens is 876 g/mol. The third-order valence-corrected chi connectivity index (χ3v) is 10.6. The maximum atomic E-state index is 13.1. The van der Waals surface area contributed by atoms with Crippen molar-refractivity contribution in [1.29, 1.82) is 0 Å². The van der Waals surface area contributed by atoms with E-state index in [1.807, 2.05) is 109 Å². The Labute approximate surface area is 319 Å². The SMILES string of the molecule is CC(C)(c1cc(Br)c(OC(=O)c2ccc(-c3ccccc3)cc2)c(Br)c1)c1cc(Br)c(OC(=O)c2ccc(-c3ccccc3)cc2)c(Br)c1. The number of esters is 2. The molecule has 6 aromatic carbocycles. The number of ether oxygens (including phenoxy) is 2. The smallest absolute Gasteiger partial charge is 0.343 e. The minimum atomic E-state index is -0.498. The van der Waals surface area contributed by atoms with Crippen LogP contribution in [0.1, 0.15) is 45.7 Å². The Kier molecular flexibility index (Phi) is 10.7. The summed E-state index contributed by atoms with van der Waals surface area (Å²) in [6.45, 7) is 4.19. The maximum absolute atomic E-state index is 13.1. The molecule has 4 nitrogen and oxygen atoms in total. The highest BCUT2D eigenvalue weighted by molar-refractivity contribution is 9.11. The second-order valence-electron chi connectivity index (χ2n) is 11.8. The van der Waals surface area contributed by atoms with Crippen molar-refractivity contribution in [3.8, 4) is 33.8 Å². The number of carbonyl (C=O) groups excluding carboxylic acids is 2. The molecule has 0 fully saturated rings. The first-order valence-corrected chi connectivity index (χ1v) is 18.4. The third-order valence-electron chi connectivity index (χ3n) is 8.28. The van der Waals surface area contributed by atoms with Crippen LogP contribution in [0.2, 0.25) is 0 Å². The lowest BCUT2D eigenvalue weighted by atomic mass is 9.78. The fourth-order valence-electron chi connectivity index (χ4n) is 5.37. The van der Waals surface area contributed by atoms with Gasteiger partial charge in [-0.1, -0.05) is 98.8 Å². The van der Waals surface area contributed by atoms with Crippen LogP contribution in [0.5, 0.6) is 11.5 Å². The summed E-state index contributed by atoms with van der Waals surface area (Å²) < 4.78 is 14.2. The van der Waals surface area contributed by atoms with Crippen LogP contribution in [0.15, 0.2) is 151 Å². The molecule has 0 aliphatic carbocycles. The van der Waals surface area contributed by atoms with E-state index < -0.39 is 17.4 Å². The van der Waals surface area contributed by atoms with Gasteiger partial charge < -0.3 is 9.47 Å². The number of rotatable bonds is 8. The lowest BCUT2D eigenvalue weighted by Gasteiger charge is -2.28. The molecule has 0 unspecified atom stereocenters. The molecule has 0 heterocycles. The second kappa shape index (κ2) is 15.0. The highest BCUT2D eigenvalue weighted by Gasteiger charge is 2.28. The van der Waals surface area contributed by atoms with Gasteiger partial charge >= 0.3 is 11.9 Å². The largest absolute Gasteiger partial charge is 0.421 e. The van der Waals surface area contributed by atoms with Crippen molar-refractivity contribution in [2.75, 3.05) is 0 Å². The highest BCUT2D eigenvalue weighted by Crippen LogP contribution is 2.44. The molecule has 0 atom stereocenters. The summed E-state index contributed by atoms with van der Waals surface area (Å²) in [4.78, 5) is 26.2. The van der Waals surface area contributed by atoms with Crippen LogP contribution in [-0.2, 0) is 5.41 Å². The number of carbonyl (C=O) groups is 2. The van der Waals surface area contributed by atoms with Gasteiger partial charge in [-0.25, -0.2) is 9.59 Å². The molecule has 0 amide bonds. The quantitative estimate of drug-likeness (QED) is 0.113. The van der Waals surface area contributed by atoms with E-state index in [4.69, 9.17) is 9.47 Å². The Bertz CT molecular complexity index is 1950. The Morgan fingerprint density at radius 3 is 1.04 bits per heavy atom. The normalized spacial score (nSPS) is 11.2. The first kappa shape index (κ1) is 35.0. The molecule has 0 aliphatic heterocycles. The molecule has 0 saturated heterocycles. The van der Waals surface area contributed by atoms with Gasteiger partial charge in [-0.3, -0.25) is 0 Å². The topological polar surface area (TPSA) is 52.6 Å². The first-order valence-electron chi connectivity index (χ1n) is 15.3. The predicted molar refractivity (Wildman–Crippen MR) is 209 cm³/mol.